The number of alkyl halides is 3. The quantitative estimate of drug-likeness (QED) is 0.756. The van der Waals surface area contributed by atoms with E-state index in [1.165, 1.54) is 28.9 Å². The number of halogens is 4. The van der Waals surface area contributed by atoms with Crippen LogP contribution in [0.4, 0.5) is 17.6 Å². The first kappa shape index (κ1) is 12.2. The first-order valence-corrected chi connectivity index (χ1v) is 5.88. The van der Waals surface area contributed by atoms with Crippen molar-refractivity contribution >= 4 is 0 Å². The molecule has 0 spiro atoms. The van der Waals surface area contributed by atoms with Gasteiger partial charge in [-0.05, 0) is 43.2 Å². The molecule has 0 aliphatic heterocycles. The van der Waals surface area contributed by atoms with E-state index in [0.717, 1.165) is 18.9 Å². The van der Waals surface area contributed by atoms with E-state index in [9.17, 15) is 17.6 Å². The van der Waals surface area contributed by atoms with Gasteiger partial charge in [0.25, 0.3) is 0 Å². The largest absolute Gasteiger partial charge is 0.435 e. The minimum absolute atomic E-state index is 0.119. The summed E-state index contributed by atoms with van der Waals surface area (Å²) in [6, 6.07) is 6.35. The zero-order valence-electron chi connectivity index (χ0n) is 9.78. The lowest BCUT2D eigenvalue weighted by Crippen LogP contribution is -2.07. The summed E-state index contributed by atoms with van der Waals surface area (Å²) in [5, 5.41) is 3.61. The monoisotopic (exact) mass is 270 g/mol. The lowest BCUT2D eigenvalue weighted by Gasteiger charge is -2.06. The van der Waals surface area contributed by atoms with Gasteiger partial charge in [0.15, 0.2) is 5.69 Å². The molecule has 0 unspecified atom stereocenters. The van der Waals surface area contributed by atoms with Crippen LogP contribution in [-0.2, 0) is 6.18 Å². The molecule has 0 saturated heterocycles. The molecule has 1 saturated carbocycles. The van der Waals surface area contributed by atoms with Crippen molar-refractivity contribution in [1.29, 1.82) is 0 Å². The summed E-state index contributed by atoms with van der Waals surface area (Å²) in [5.41, 5.74) is 0.0801. The SMILES string of the molecule is Fc1ccc(-n2nc(C(F)(F)F)cc2C2CC2)cc1. The van der Waals surface area contributed by atoms with E-state index in [1.54, 1.807) is 0 Å². The highest BCUT2D eigenvalue weighted by Gasteiger charge is 2.38. The van der Waals surface area contributed by atoms with Crippen LogP contribution in [0.1, 0.15) is 30.1 Å². The second-order valence-corrected chi connectivity index (χ2v) is 4.61. The summed E-state index contributed by atoms with van der Waals surface area (Å²) in [5.74, 6) is -0.312. The molecule has 6 heteroatoms. The van der Waals surface area contributed by atoms with Gasteiger partial charge in [-0.15, -0.1) is 0 Å². The third-order valence-corrected chi connectivity index (χ3v) is 3.09. The summed E-state index contributed by atoms with van der Waals surface area (Å²) in [7, 11) is 0. The van der Waals surface area contributed by atoms with Crippen molar-refractivity contribution in [1.82, 2.24) is 9.78 Å². The molecular weight excluding hydrogens is 260 g/mol. The normalized spacial score (nSPS) is 15.8. The number of nitrogens with zero attached hydrogens (tertiary/aromatic N) is 2. The zero-order chi connectivity index (χ0) is 13.6. The lowest BCUT2D eigenvalue weighted by atomic mass is 10.2. The van der Waals surface area contributed by atoms with Gasteiger partial charge in [-0.1, -0.05) is 0 Å². The topological polar surface area (TPSA) is 17.8 Å². The van der Waals surface area contributed by atoms with Gasteiger partial charge in [-0.25, -0.2) is 9.07 Å². The summed E-state index contributed by atoms with van der Waals surface area (Å²) in [6.07, 6.45) is -2.73. The molecule has 0 N–H and O–H groups in total. The fourth-order valence-electron chi connectivity index (χ4n) is 1.99. The smallest absolute Gasteiger partial charge is 0.237 e. The van der Waals surface area contributed by atoms with Crippen LogP contribution >= 0.6 is 0 Å². The fourth-order valence-corrected chi connectivity index (χ4v) is 1.99. The van der Waals surface area contributed by atoms with Crippen LogP contribution in [0, 0.1) is 5.82 Å². The Morgan fingerprint density at radius 1 is 1.11 bits per heavy atom. The van der Waals surface area contributed by atoms with Crippen molar-refractivity contribution in [3.8, 4) is 5.69 Å². The predicted octanol–water partition coefficient (Wildman–Crippen LogP) is 3.91. The molecular formula is C13H10F4N2. The van der Waals surface area contributed by atoms with Crippen molar-refractivity contribution < 1.29 is 17.6 Å². The molecule has 1 aliphatic carbocycles. The van der Waals surface area contributed by atoms with Crippen molar-refractivity contribution in [2.45, 2.75) is 24.9 Å². The highest BCUT2D eigenvalue weighted by atomic mass is 19.4. The summed E-state index contributed by atoms with van der Waals surface area (Å²) in [6.45, 7) is 0. The van der Waals surface area contributed by atoms with E-state index in [0.29, 0.717) is 11.4 Å². The molecule has 1 aromatic carbocycles. The fraction of sp³-hybridized carbons (Fsp3) is 0.308. The Morgan fingerprint density at radius 2 is 1.74 bits per heavy atom. The Balaban J connectivity index is 2.08. The van der Waals surface area contributed by atoms with Crippen molar-refractivity contribution in [3.63, 3.8) is 0 Å². The average molecular weight is 270 g/mol. The van der Waals surface area contributed by atoms with E-state index in [4.69, 9.17) is 0 Å². The summed E-state index contributed by atoms with van der Waals surface area (Å²) >= 11 is 0. The molecule has 0 amide bonds. The Labute approximate surface area is 106 Å². The molecule has 3 rings (SSSR count). The molecule has 2 nitrogen and oxygen atoms in total. The van der Waals surface area contributed by atoms with Crippen LogP contribution in [-0.4, -0.2) is 9.78 Å². The maximum atomic E-state index is 12.9. The van der Waals surface area contributed by atoms with Gasteiger partial charge in [-0.3, -0.25) is 0 Å². The average Bonchev–Trinajstić information content (AvgIpc) is 3.08. The van der Waals surface area contributed by atoms with Crippen molar-refractivity contribution in [2.24, 2.45) is 0 Å². The molecule has 0 radical (unpaired) electrons. The van der Waals surface area contributed by atoms with Gasteiger partial charge in [0.1, 0.15) is 5.82 Å². The van der Waals surface area contributed by atoms with E-state index >= 15 is 0 Å². The molecule has 1 aromatic heterocycles. The molecule has 19 heavy (non-hydrogen) atoms. The molecule has 100 valence electrons. The second kappa shape index (κ2) is 4.08. The molecule has 2 aromatic rings. The molecule has 1 fully saturated rings. The standard InChI is InChI=1S/C13H10F4N2/c14-9-3-5-10(6-4-9)19-11(8-1-2-8)7-12(18-19)13(15,16)17/h3-8H,1-2H2. The number of hydrogen-bond acceptors (Lipinski definition) is 1. The first-order chi connectivity index (χ1) is 8.95. The van der Waals surface area contributed by atoms with Gasteiger partial charge >= 0.3 is 6.18 Å². The highest BCUT2D eigenvalue weighted by molar-refractivity contribution is 5.36. The zero-order valence-corrected chi connectivity index (χ0v) is 9.78. The third-order valence-electron chi connectivity index (χ3n) is 3.09. The van der Waals surface area contributed by atoms with Crippen LogP contribution in [0.3, 0.4) is 0 Å². The van der Waals surface area contributed by atoms with E-state index in [-0.39, 0.29) is 5.92 Å². The number of rotatable bonds is 2. The molecule has 1 heterocycles. The van der Waals surface area contributed by atoms with Crippen LogP contribution in [0.25, 0.3) is 5.69 Å². The summed E-state index contributed by atoms with van der Waals surface area (Å²) in [4.78, 5) is 0. The first-order valence-electron chi connectivity index (χ1n) is 5.88. The van der Waals surface area contributed by atoms with E-state index < -0.39 is 17.7 Å². The Kier molecular flexibility index (Phi) is 2.62. The van der Waals surface area contributed by atoms with Gasteiger partial charge < -0.3 is 0 Å². The van der Waals surface area contributed by atoms with Crippen LogP contribution in [0.5, 0.6) is 0 Å². The van der Waals surface area contributed by atoms with Gasteiger partial charge in [-0.2, -0.15) is 18.3 Å². The van der Waals surface area contributed by atoms with Gasteiger partial charge in [0.2, 0.25) is 0 Å². The van der Waals surface area contributed by atoms with Crippen LogP contribution in [0.2, 0.25) is 0 Å². The van der Waals surface area contributed by atoms with Gasteiger partial charge in [0.05, 0.1) is 5.69 Å². The minimum atomic E-state index is -4.46. The van der Waals surface area contributed by atoms with Crippen molar-refractivity contribution in [3.05, 3.63) is 47.5 Å². The number of benzene rings is 1. The highest BCUT2D eigenvalue weighted by Crippen LogP contribution is 2.42. The maximum Gasteiger partial charge on any atom is 0.435 e. The van der Waals surface area contributed by atoms with Gasteiger partial charge in [0, 0.05) is 11.6 Å². The Morgan fingerprint density at radius 3 is 2.26 bits per heavy atom. The second-order valence-electron chi connectivity index (χ2n) is 4.61. The van der Waals surface area contributed by atoms with Crippen LogP contribution < -0.4 is 0 Å². The van der Waals surface area contributed by atoms with Crippen molar-refractivity contribution in [2.75, 3.05) is 0 Å². The third kappa shape index (κ3) is 2.34. The Bertz CT molecular complexity index is 594. The molecule has 1 aliphatic rings. The Hall–Kier alpha value is -1.85. The maximum absolute atomic E-state index is 12.9. The molecule has 0 bridgehead atoms. The predicted molar refractivity (Wildman–Crippen MR) is 60.5 cm³/mol. The number of aromatic nitrogens is 2. The lowest BCUT2D eigenvalue weighted by molar-refractivity contribution is -0.141. The summed E-state index contributed by atoms with van der Waals surface area (Å²) < 4.78 is 52.2. The minimum Gasteiger partial charge on any atom is -0.237 e. The number of hydrogen-bond donors (Lipinski definition) is 0. The molecule has 0 atom stereocenters. The van der Waals surface area contributed by atoms with E-state index in [2.05, 4.69) is 5.10 Å². The van der Waals surface area contributed by atoms with E-state index in [1.807, 2.05) is 0 Å². The van der Waals surface area contributed by atoms with Crippen LogP contribution in [0.15, 0.2) is 30.3 Å².